The molecule has 3 aromatic rings. The topological polar surface area (TPSA) is 83.0 Å². The third-order valence-corrected chi connectivity index (χ3v) is 4.01. The summed E-state index contributed by atoms with van der Waals surface area (Å²) in [4.78, 5) is 29.9. The van der Waals surface area contributed by atoms with Gasteiger partial charge in [0.15, 0.2) is 5.82 Å². The summed E-state index contributed by atoms with van der Waals surface area (Å²) in [5, 5.41) is 13.4. The SMILES string of the molecule is O=C(O)c1ccc2c(=O)[nH]c(C(Cl)=Cc3ccsc3)nc2c1. The van der Waals surface area contributed by atoms with Crippen molar-refractivity contribution in [3.63, 3.8) is 0 Å². The van der Waals surface area contributed by atoms with Crippen molar-refractivity contribution in [2.75, 3.05) is 0 Å². The fourth-order valence-electron chi connectivity index (χ4n) is 1.96. The van der Waals surface area contributed by atoms with Crippen molar-refractivity contribution in [2.45, 2.75) is 0 Å². The van der Waals surface area contributed by atoms with Gasteiger partial charge in [0.2, 0.25) is 0 Å². The van der Waals surface area contributed by atoms with Crippen molar-refractivity contribution in [3.05, 3.63) is 62.3 Å². The van der Waals surface area contributed by atoms with E-state index in [1.165, 1.54) is 29.5 Å². The van der Waals surface area contributed by atoms with Gasteiger partial charge in [0.25, 0.3) is 5.56 Å². The summed E-state index contributed by atoms with van der Waals surface area (Å²) >= 11 is 7.72. The van der Waals surface area contributed by atoms with E-state index in [9.17, 15) is 9.59 Å². The minimum absolute atomic E-state index is 0.0643. The number of rotatable bonds is 3. The van der Waals surface area contributed by atoms with Crippen LogP contribution in [0.15, 0.2) is 39.8 Å². The van der Waals surface area contributed by atoms with Gasteiger partial charge in [0.05, 0.1) is 21.5 Å². The van der Waals surface area contributed by atoms with E-state index < -0.39 is 5.97 Å². The Labute approximate surface area is 133 Å². The second kappa shape index (κ2) is 5.75. The molecule has 0 amide bonds. The molecular formula is C15H9ClN2O3S. The Hall–Kier alpha value is -2.44. The van der Waals surface area contributed by atoms with Crippen LogP contribution in [0.2, 0.25) is 0 Å². The van der Waals surface area contributed by atoms with E-state index in [0.717, 1.165) is 5.56 Å². The van der Waals surface area contributed by atoms with E-state index in [1.54, 1.807) is 6.08 Å². The summed E-state index contributed by atoms with van der Waals surface area (Å²) < 4.78 is 0. The summed E-state index contributed by atoms with van der Waals surface area (Å²) in [6.07, 6.45) is 1.68. The van der Waals surface area contributed by atoms with Crippen molar-refractivity contribution in [3.8, 4) is 0 Å². The number of carbonyl (C=O) groups is 1. The van der Waals surface area contributed by atoms with Gasteiger partial charge >= 0.3 is 5.97 Å². The maximum atomic E-state index is 12.1. The maximum Gasteiger partial charge on any atom is 0.335 e. The van der Waals surface area contributed by atoms with Crippen LogP contribution >= 0.6 is 22.9 Å². The molecule has 0 saturated carbocycles. The predicted octanol–water partition coefficient (Wildman–Crippen LogP) is 3.42. The largest absolute Gasteiger partial charge is 0.478 e. The molecule has 0 radical (unpaired) electrons. The molecule has 22 heavy (non-hydrogen) atoms. The van der Waals surface area contributed by atoms with Crippen LogP contribution in [0.25, 0.3) is 22.0 Å². The number of hydrogen-bond acceptors (Lipinski definition) is 4. The molecule has 0 bridgehead atoms. The van der Waals surface area contributed by atoms with Crippen LogP contribution in [-0.2, 0) is 0 Å². The van der Waals surface area contributed by atoms with Gasteiger partial charge in [-0.1, -0.05) is 11.6 Å². The van der Waals surface area contributed by atoms with Crippen LogP contribution in [0.1, 0.15) is 21.7 Å². The van der Waals surface area contributed by atoms with Crippen LogP contribution in [0.4, 0.5) is 0 Å². The molecule has 2 aromatic heterocycles. The molecule has 0 fully saturated rings. The lowest BCUT2D eigenvalue weighted by atomic mass is 10.1. The summed E-state index contributed by atoms with van der Waals surface area (Å²) in [5.41, 5.74) is 0.885. The monoisotopic (exact) mass is 332 g/mol. The summed E-state index contributed by atoms with van der Waals surface area (Å²) in [6, 6.07) is 6.04. The number of aromatic carboxylic acids is 1. The van der Waals surface area contributed by atoms with Crippen molar-refractivity contribution in [1.29, 1.82) is 0 Å². The Morgan fingerprint density at radius 1 is 1.36 bits per heavy atom. The zero-order valence-electron chi connectivity index (χ0n) is 11.0. The molecule has 3 rings (SSSR count). The number of halogens is 1. The molecule has 0 spiro atoms. The third-order valence-electron chi connectivity index (χ3n) is 3.02. The van der Waals surface area contributed by atoms with Crippen molar-refractivity contribution in [1.82, 2.24) is 9.97 Å². The van der Waals surface area contributed by atoms with Gasteiger partial charge in [-0.05, 0) is 46.7 Å². The number of nitrogens with zero attached hydrogens (tertiary/aromatic N) is 1. The normalized spacial score (nSPS) is 11.8. The highest BCUT2D eigenvalue weighted by Gasteiger charge is 2.10. The molecule has 110 valence electrons. The predicted molar refractivity (Wildman–Crippen MR) is 87.4 cm³/mol. The van der Waals surface area contributed by atoms with Crippen LogP contribution in [0.5, 0.6) is 0 Å². The molecule has 0 unspecified atom stereocenters. The van der Waals surface area contributed by atoms with E-state index in [4.69, 9.17) is 16.7 Å². The molecule has 5 nitrogen and oxygen atoms in total. The molecule has 1 aromatic carbocycles. The molecule has 7 heteroatoms. The lowest BCUT2D eigenvalue weighted by Crippen LogP contribution is -2.11. The highest BCUT2D eigenvalue weighted by Crippen LogP contribution is 2.21. The first kappa shape index (κ1) is 14.5. The zero-order valence-corrected chi connectivity index (χ0v) is 12.6. The molecular weight excluding hydrogens is 324 g/mol. The Kier molecular flexibility index (Phi) is 3.79. The number of nitrogens with one attached hydrogen (secondary N) is 1. The van der Waals surface area contributed by atoms with E-state index in [2.05, 4.69) is 9.97 Å². The molecule has 0 aliphatic heterocycles. The highest BCUT2D eigenvalue weighted by molar-refractivity contribution is 7.08. The van der Waals surface area contributed by atoms with Gasteiger partial charge in [0.1, 0.15) is 0 Å². The van der Waals surface area contributed by atoms with E-state index >= 15 is 0 Å². The van der Waals surface area contributed by atoms with Crippen molar-refractivity contribution in [2.24, 2.45) is 0 Å². The first-order valence-electron chi connectivity index (χ1n) is 6.22. The number of benzene rings is 1. The first-order chi connectivity index (χ1) is 10.5. The van der Waals surface area contributed by atoms with E-state index in [0.29, 0.717) is 5.39 Å². The Morgan fingerprint density at radius 2 is 2.18 bits per heavy atom. The molecule has 2 N–H and O–H groups in total. The fraction of sp³-hybridized carbons (Fsp3) is 0. The smallest absolute Gasteiger partial charge is 0.335 e. The first-order valence-corrected chi connectivity index (χ1v) is 7.54. The highest BCUT2D eigenvalue weighted by atomic mass is 35.5. The van der Waals surface area contributed by atoms with Gasteiger partial charge in [-0.2, -0.15) is 11.3 Å². The van der Waals surface area contributed by atoms with Crippen LogP contribution in [0, 0.1) is 0 Å². The average molecular weight is 333 g/mol. The standard InChI is InChI=1S/C15H9ClN2O3S/c16-11(5-8-3-4-22-7-8)13-17-12-6-9(15(20)21)1-2-10(12)14(19)18-13/h1-7H,(H,20,21)(H,17,18,19). The number of thiophene rings is 1. The van der Waals surface area contributed by atoms with Crippen LogP contribution in [0.3, 0.4) is 0 Å². The van der Waals surface area contributed by atoms with Gasteiger partial charge in [-0.15, -0.1) is 0 Å². The van der Waals surface area contributed by atoms with Crippen LogP contribution < -0.4 is 5.56 Å². The Balaban J connectivity index is 2.15. The fourth-order valence-corrected chi connectivity index (χ4v) is 2.79. The Bertz CT molecular complexity index is 945. The summed E-state index contributed by atoms with van der Waals surface area (Å²) in [5.74, 6) is -0.877. The van der Waals surface area contributed by atoms with E-state index in [1.807, 2.05) is 16.8 Å². The van der Waals surface area contributed by atoms with Crippen molar-refractivity contribution < 1.29 is 9.90 Å². The molecule has 0 aliphatic carbocycles. The average Bonchev–Trinajstić information content (AvgIpc) is 2.99. The van der Waals surface area contributed by atoms with Crippen molar-refractivity contribution >= 4 is 50.9 Å². The number of fused-ring (bicyclic) bond motifs is 1. The molecule has 2 heterocycles. The lowest BCUT2D eigenvalue weighted by molar-refractivity contribution is 0.0697. The second-order valence-electron chi connectivity index (χ2n) is 4.50. The number of aromatic amines is 1. The number of aromatic nitrogens is 2. The van der Waals surface area contributed by atoms with Crippen LogP contribution in [-0.4, -0.2) is 21.0 Å². The maximum absolute atomic E-state index is 12.1. The third kappa shape index (κ3) is 2.79. The quantitative estimate of drug-likeness (QED) is 0.769. The number of hydrogen-bond donors (Lipinski definition) is 2. The lowest BCUT2D eigenvalue weighted by Gasteiger charge is -2.03. The second-order valence-corrected chi connectivity index (χ2v) is 5.69. The van der Waals surface area contributed by atoms with E-state index in [-0.39, 0.29) is 27.5 Å². The van der Waals surface area contributed by atoms with Gasteiger partial charge in [0, 0.05) is 0 Å². The minimum atomic E-state index is -1.08. The molecule has 0 saturated heterocycles. The Morgan fingerprint density at radius 3 is 2.86 bits per heavy atom. The van der Waals surface area contributed by atoms with Gasteiger partial charge < -0.3 is 10.1 Å². The number of carboxylic acid groups (broad SMARTS) is 1. The van der Waals surface area contributed by atoms with Gasteiger partial charge in [-0.3, -0.25) is 4.79 Å². The molecule has 0 aliphatic rings. The molecule has 0 atom stereocenters. The number of carboxylic acids is 1. The zero-order chi connectivity index (χ0) is 15.7. The summed E-state index contributed by atoms with van der Waals surface area (Å²) in [6.45, 7) is 0. The minimum Gasteiger partial charge on any atom is -0.478 e. The van der Waals surface area contributed by atoms with Gasteiger partial charge in [-0.25, -0.2) is 9.78 Å². The number of H-pyrrole nitrogens is 1. The summed E-state index contributed by atoms with van der Waals surface area (Å²) in [7, 11) is 0.